The molecule has 8 nitrogen and oxygen atoms in total. The minimum Gasteiger partial charge on any atom is -0.494 e. The van der Waals surface area contributed by atoms with Crippen LogP contribution in [0.2, 0.25) is 0 Å². The molecule has 2 aromatic rings. The van der Waals surface area contributed by atoms with Crippen molar-refractivity contribution in [2.75, 3.05) is 38.1 Å². The molecule has 1 aromatic heterocycles. The largest absolute Gasteiger partial charge is 0.494 e. The van der Waals surface area contributed by atoms with Crippen molar-refractivity contribution in [1.82, 2.24) is 14.8 Å². The molecule has 3 rings (SSSR count). The second-order valence-corrected chi connectivity index (χ2v) is 6.27. The maximum absolute atomic E-state index is 12.7. The number of piperazine rings is 1. The first kappa shape index (κ1) is 19.3. The fourth-order valence-corrected chi connectivity index (χ4v) is 2.90. The number of hydrogen-bond donors (Lipinski definition) is 1. The van der Waals surface area contributed by atoms with Crippen molar-refractivity contribution in [2.45, 2.75) is 6.92 Å². The number of pyridine rings is 1. The average molecular weight is 382 g/mol. The fraction of sp³-hybridized carbons (Fsp3) is 0.300. The summed E-state index contributed by atoms with van der Waals surface area (Å²) in [5.74, 6) is 0.147. The van der Waals surface area contributed by atoms with Crippen molar-refractivity contribution in [1.29, 1.82) is 0 Å². The van der Waals surface area contributed by atoms with Gasteiger partial charge in [0.15, 0.2) is 0 Å². The maximum Gasteiger partial charge on any atom is 0.274 e. The summed E-state index contributed by atoms with van der Waals surface area (Å²) in [7, 11) is 0. The molecule has 1 fully saturated rings. The van der Waals surface area contributed by atoms with Crippen molar-refractivity contribution < 1.29 is 19.1 Å². The Labute approximate surface area is 163 Å². The highest BCUT2D eigenvalue weighted by molar-refractivity contribution is 6.04. The summed E-state index contributed by atoms with van der Waals surface area (Å²) < 4.78 is 5.37. The molecule has 0 aliphatic carbocycles. The Morgan fingerprint density at radius 2 is 1.86 bits per heavy atom. The van der Waals surface area contributed by atoms with E-state index in [1.54, 1.807) is 40.1 Å². The van der Waals surface area contributed by atoms with Gasteiger partial charge in [-0.05, 0) is 43.3 Å². The lowest BCUT2D eigenvalue weighted by molar-refractivity contribution is -0.119. The van der Waals surface area contributed by atoms with Crippen molar-refractivity contribution in [2.24, 2.45) is 0 Å². The highest BCUT2D eigenvalue weighted by Crippen LogP contribution is 2.17. The number of benzene rings is 1. The number of amides is 3. The zero-order valence-electron chi connectivity index (χ0n) is 15.6. The van der Waals surface area contributed by atoms with Crippen LogP contribution in [0, 0.1) is 0 Å². The van der Waals surface area contributed by atoms with Crippen LogP contribution in [0.3, 0.4) is 0 Å². The highest BCUT2D eigenvalue weighted by Gasteiger charge is 2.22. The first-order valence-electron chi connectivity index (χ1n) is 9.09. The van der Waals surface area contributed by atoms with Gasteiger partial charge < -0.3 is 19.9 Å². The summed E-state index contributed by atoms with van der Waals surface area (Å²) in [5, 5.41) is 2.76. The number of nitrogens with zero attached hydrogens (tertiary/aromatic N) is 3. The van der Waals surface area contributed by atoms with Gasteiger partial charge in [0.05, 0.1) is 6.61 Å². The third kappa shape index (κ3) is 4.64. The van der Waals surface area contributed by atoms with Gasteiger partial charge in [0.2, 0.25) is 6.41 Å². The Bertz CT molecular complexity index is 846. The Morgan fingerprint density at radius 1 is 1.14 bits per heavy atom. The molecule has 8 heteroatoms. The predicted octanol–water partition coefficient (Wildman–Crippen LogP) is 1.65. The van der Waals surface area contributed by atoms with Gasteiger partial charge in [0.1, 0.15) is 11.4 Å². The number of ether oxygens (including phenoxy) is 1. The van der Waals surface area contributed by atoms with E-state index in [1.165, 1.54) is 12.3 Å². The summed E-state index contributed by atoms with van der Waals surface area (Å²) in [6, 6.07) is 10.1. The van der Waals surface area contributed by atoms with Crippen molar-refractivity contribution >= 4 is 23.9 Å². The van der Waals surface area contributed by atoms with Gasteiger partial charge in [-0.25, -0.2) is 0 Å². The topological polar surface area (TPSA) is 91.8 Å². The van der Waals surface area contributed by atoms with E-state index in [0.717, 1.165) is 12.2 Å². The van der Waals surface area contributed by atoms with Crippen LogP contribution in [0.4, 0.5) is 5.69 Å². The van der Waals surface area contributed by atoms with E-state index in [0.29, 0.717) is 44.0 Å². The molecule has 0 unspecified atom stereocenters. The lowest BCUT2D eigenvalue weighted by Gasteiger charge is -2.32. The molecule has 28 heavy (non-hydrogen) atoms. The second-order valence-electron chi connectivity index (χ2n) is 6.27. The molecule has 1 aromatic carbocycles. The number of carbonyl (C=O) groups is 3. The van der Waals surface area contributed by atoms with Gasteiger partial charge in [-0.3, -0.25) is 19.4 Å². The molecule has 1 aliphatic rings. The van der Waals surface area contributed by atoms with E-state index in [2.05, 4.69) is 10.3 Å². The molecule has 2 heterocycles. The van der Waals surface area contributed by atoms with E-state index < -0.39 is 5.91 Å². The fourth-order valence-electron chi connectivity index (χ4n) is 2.90. The highest BCUT2D eigenvalue weighted by atomic mass is 16.5. The van der Waals surface area contributed by atoms with E-state index in [9.17, 15) is 14.4 Å². The van der Waals surface area contributed by atoms with Gasteiger partial charge >= 0.3 is 0 Å². The predicted molar refractivity (Wildman–Crippen MR) is 103 cm³/mol. The molecule has 0 bridgehead atoms. The first-order valence-corrected chi connectivity index (χ1v) is 9.09. The van der Waals surface area contributed by atoms with E-state index >= 15 is 0 Å². The minimum atomic E-state index is -0.399. The molecular weight excluding hydrogens is 360 g/mol. The molecule has 3 amide bonds. The van der Waals surface area contributed by atoms with Crippen LogP contribution in [0.15, 0.2) is 42.6 Å². The van der Waals surface area contributed by atoms with Crippen molar-refractivity contribution in [3.63, 3.8) is 0 Å². The number of rotatable bonds is 6. The van der Waals surface area contributed by atoms with Gasteiger partial charge in [-0.2, -0.15) is 0 Å². The molecule has 1 saturated heterocycles. The lowest BCUT2D eigenvalue weighted by atomic mass is 10.1. The van der Waals surface area contributed by atoms with E-state index in [-0.39, 0.29) is 11.6 Å². The van der Waals surface area contributed by atoms with Gasteiger partial charge in [0, 0.05) is 43.6 Å². The summed E-state index contributed by atoms with van der Waals surface area (Å²) in [4.78, 5) is 43.3. The Hall–Kier alpha value is -3.42. The van der Waals surface area contributed by atoms with E-state index in [4.69, 9.17) is 4.74 Å². The molecule has 0 spiro atoms. The molecule has 0 radical (unpaired) electrons. The summed E-state index contributed by atoms with van der Waals surface area (Å²) in [6.45, 7) is 4.41. The zero-order chi connectivity index (χ0) is 19.9. The molecule has 0 saturated carbocycles. The second kappa shape index (κ2) is 8.98. The molecule has 146 valence electrons. The van der Waals surface area contributed by atoms with Gasteiger partial charge in [0.25, 0.3) is 11.8 Å². The molecular formula is C20H22N4O4. The number of nitrogens with one attached hydrogen (secondary N) is 1. The molecule has 0 atom stereocenters. The molecule has 1 N–H and O–H groups in total. The average Bonchev–Trinajstić information content (AvgIpc) is 2.75. The van der Waals surface area contributed by atoms with Crippen LogP contribution >= 0.6 is 0 Å². The van der Waals surface area contributed by atoms with E-state index in [1.807, 2.05) is 6.92 Å². The monoisotopic (exact) mass is 382 g/mol. The SMILES string of the molecule is CCOc1ccc(NC(=O)c2cc(C(=O)N3CCN(C=O)CC3)ccn2)cc1. The normalized spacial score (nSPS) is 13.8. The number of anilines is 1. The number of hydrogen-bond acceptors (Lipinski definition) is 5. The quantitative estimate of drug-likeness (QED) is 0.767. The van der Waals surface area contributed by atoms with Crippen LogP contribution in [0.25, 0.3) is 0 Å². The maximum atomic E-state index is 12.7. The Morgan fingerprint density at radius 3 is 2.50 bits per heavy atom. The van der Waals surface area contributed by atoms with Crippen molar-refractivity contribution in [3.05, 3.63) is 53.9 Å². The lowest BCUT2D eigenvalue weighted by Crippen LogP contribution is -2.48. The first-order chi connectivity index (χ1) is 13.6. The summed E-state index contributed by atoms with van der Waals surface area (Å²) in [5.41, 5.74) is 1.16. The third-order valence-corrected chi connectivity index (χ3v) is 4.41. The zero-order valence-corrected chi connectivity index (χ0v) is 15.6. The Balaban J connectivity index is 1.65. The minimum absolute atomic E-state index is 0.159. The van der Waals surface area contributed by atoms with Crippen LogP contribution in [-0.2, 0) is 4.79 Å². The smallest absolute Gasteiger partial charge is 0.274 e. The van der Waals surface area contributed by atoms with Crippen LogP contribution < -0.4 is 10.1 Å². The summed E-state index contributed by atoms with van der Waals surface area (Å²) in [6.07, 6.45) is 2.24. The van der Waals surface area contributed by atoms with Crippen LogP contribution in [0.5, 0.6) is 5.75 Å². The number of carbonyl (C=O) groups excluding carboxylic acids is 3. The van der Waals surface area contributed by atoms with Gasteiger partial charge in [-0.1, -0.05) is 0 Å². The third-order valence-electron chi connectivity index (χ3n) is 4.41. The van der Waals surface area contributed by atoms with Crippen molar-refractivity contribution in [3.8, 4) is 5.75 Å². The van der Waals surface area contributed by atoms with Crippen LogP contribution in [0.1, 0.15) is 27.8 Å². The Kier molecular flexibility index (Phi) is 6.21. The number of aromatic nitrogens is 1. The van der Waals surface area contributed by atoms with Crippen LogP contribution in [-0.4, -0.2) is 65.8 Å². The molecule has 1 aliphatic heterocycles. The summed E-state index contributed by atoms with van der Waals surface area (Å²) >= 11 is 0. The standard InChI is InChI=1S/C20H22N4O4/c1-2-28-17-5-3-16(4-6-17)22-19(26)18-13-15(7-8-21-18)20(27)24-11-9-23(14-25)10-12-24/h3-8,13-14H,2,9-12H2,1H3,(H,22,26). The van der Waals surface area contributed by atoms with Gasteiger partial charge in [-0.15, -0.1) is 0 Å².